The van der Waals surface area contributed by atoms with Crippen molar-refractivity contribution >= 4 is 11.4 Å². The zero-order chi connectivity index (χ0) is 11.2. The molecule has 1 aliphatic rings. The quantitative estimate of drug-likeness (QED) is 0.815. The first kappa shape index (κ1) is 11.3. The molecule has 0 unspecified atom stereocenters. The van der Waals surface area contributed by atoms with Crippen molar-refractivity contribution in [2.75, 3.05) is 36.5 Å². The number of nitrogens with one attached hydrogen (secondary N) is 1. The monoisotopic (exact) mass is 220 g/mol. The Morgan fingerprint density at radius 1 is 1.12 bits per heavy atom. The van der Waals surface area contributed by atoms with E-state index in [1.807, 2.05) is 6.07 Å². The number of hydrogen-bond donors (Lipinski definition) is 2. The van der Waals surface area contributed by atoms with Crippen molar-refractivity contribution < 1.29 is 5.11 Å². The fourth-order valence-electron chi connectivity index (χ4n) is 2.22. The second-order valence-electron chi connectivity index (χ2n) is 4.22. The van der Waals surface area contributed by atoms with Gasteiger partial charge in [-0.25, -0.2) is 0 Å². The third-order valence-corrected chi connectivity index (χ3v) is 3.03. The average Bonchev–Trinajstić information content (AvgIpc) is 2.38. The van der Waals surface area contributed by atoms with Gasteiger partial charge in [0.25, 0.3) is 0 Å². The van der Waals surface area contributed by atoms with E-state index in [1.165, 1.54) is 24.9 Å². The molecule has 2 rings (SSSR count). The second-order valence-corrected chi connectivity index (χ2v) is 4.22. The fourth-order valence-corrected chi connectivity index (χ4v) is 2.22. The summed E-state index contributed by atoms with van der Waals surface area (Å²) in [5, 5.41) is 12.1. The number of benzene rings is 1. The van der Waals surface area contributed by atoms with Crippen molar-refractivity contribution in [2.24, 2.45) is 0 Å². The second kappa shape index (κ2) is 5.75. The molecule has 1 aromatic rings. The summed E-state index contributed by atoms with van der Waals surface area (Å²) >= 11 is 0. The molecular formula is C13H20N2O. The topological polar surface area (TPSA) is 35.5 Å². The van der Waals surface area contributed by atoms with E-state index in [-0.39, 0.29) is 6.61 Å². The molecule has 0 amide bonds. The first-order chi connectivity index (χ1) is 7.92. The van der Waals surface area contributed by atoms with Gasteiger partial charge in [-0.1, -0.05) is 12.1 Å². The molecular weight excluding hydrogens is 200 g/mol. The van der Waals surface area contributed by atoms with E-state index in [0.717, 1.165) is 18.8 Å². The number of para-hydroxylation sites is 2. The lowest BCUT2D eigenvalue weighted by atomic mass is 10.1. The van der Waals surface area contributed by atoms with Crippen LogP contribution >= 0.6 is 0 Å². The molecule has 1 aromatic carbocycles. The van der Waals surface area contributed by atoms with Gasteiger partial charge in [0.05, 0.1) is 18.0 Å². The highest BCUT2D eigenvalue weighted by atomic mass is 16.3. The van der Waals surface area contributed by atoms with Crippen LogP contribution in [0.5, 0.6) is 0 Å². The first-order valence-electron chi connectivity index (χ1n) is 6.10. The van der Waals surface area contributed by atoms with Gasteiger partial charge in [-0.05, 0) is 31.4 Å². The number of aliphatic hydroxyl groups is 1. The summed E-state index contributed by atoms with van der Waals surface area (Å²) in [4.78, 5) is 2.43. The third kappa shape index (κ3) is 2.67. The minimum Gasteiger partial charge on any atom is -0.395 e. The normalized spacial score (nSPS) is 16.2. The molecule has 1 fully saturated rings. The van der Waals surface area contributed by atoms with Crippen molar-refractivity contribution in [3.63, 3.8) is 0 Å². The van der Waals surface area contributed by atoms with Crippen LogP contribution < -0.4 is 10.2 Å². The van der Waals surface area contributed by atoms with Gasteiger partial charge in [0.1, 0.15) is 0 Å². The molecule has 1 saturated heterocycles. The standard InChI is InChI=1S/C13H20N2O/c16-11-8-14-12-6-2-3-7-13(12)15-9-4-1-5-10-15/h2-3,6-7,14,16H,1,4-5,8-11H2. The third-order valence-electron chi connectivity index (χ3n) is 3.03. The summed E-state index contributed by atoms with van der Waals surface area (Å²) in [6.07, 6.45) is 3.92. The number of aliphatic hydroxyl groups excluding tert-OH is 1. The summed E-state index contributed by atoms with van der Waals surface area (Å²) in [5.74, 6) is 0. The van der Waals surface area contributed by atoms with Crippen molar-refractivity contribution in [1.82, 2.24) is 0 Å². The van der Waals surface area contributed by atoms with Crippen LogP contribution in [0.1, 0.15) is 19.3 Å². The average molecular weight is 220 g/mol. The van der Waals surface area contributed by atoms with Gasteiger partial charge < -0.3 is 15.3 Å². The predicted octanol–water partition coefficient (Wildman–Crippen LogP) is 2.08. The maximum atomic E-state index is 8.85. The zero-order valence-corrected chi connectivity index (χ0v) is 9.65. The Labute approximate surface area is 97.1 Å². The molecule has 3 nitrogen and oxygen atoms in total. The first-order valence-corrected chi connectivity index (χ1v) is 6.10. The van der Waals surface area contributed by atoms with Crippen LogP contribution in [0.15, 0.2) is 24.3 Å². The smallest absolute Gasteiger partial charge is 0.0604 e. The Balaban J connectivity index is 2.11. The van der Waals surface area contributed by atoms with Crippen LogP contribution in [0.4, 0.5) is 11.4 Å². The summed E-state index contributed by atoms with van der Waals surface area (Å²) in [6, 6.07) is 8.35. The Bertz CT molecular complexity index is 321. The summed E-state index contributed by atoms with van der Waals surface area (Å²) in [7, 11) is 0. The minimum absolute atomic E-state index is 0.175. The van der Waals surface area contributed by atoms with Gasteiger partial charge in [-0.2, -0.15) is 0 Å². The van der Waals surface area contributed by atoms with Crippen LogP contribution in [0.25, 0.3) is 0 Å². The summed E-state index contributed by atoms with van der Waals surface area (Å²) < 4.78 is 0. The molecule has 3 heteroatoms. The van der Waals surface area contributed by atoms with Crippen molar-refractivity contribution in [3.05, 3.63) is 24.3 Å². The molecule has 0 spiro atoms. The van der Waals surface area contributed by atoms with E-state index < -0.39 is 0 Å². The lowest BCUT2D eigenvalue weighted by Crippen LogP contribution is -2.30. The van der Waals surface area contributed by atoms with Gasteiger partial charge in [0, 0.05) is 19.6 Å². The van der Waals surface area contributed by atoms with E-state index >= 15 is 0 Å². The number of piperidine rings is 1. The maximum absolute atomic E-state index is 8.85. The molecule has 2 N–H and O–H groups in total. The largest absolute Gasteiger partial charge is 0.395 e. The molecule has 1 aliphatic heterocycles. The minimum atomic E-state index is 0.175. The Morgan fingerprint density at radius 3 is 2.62 bits per heavy atom. The number of anilines is 2. The molecule has 0 aliphatic carbocycles. The highest BCUT2D eigenvalue weighted by Crippen LogP contribution is 2.27. The SMILES string of the molecule is OCCNc1ccccc1N1CCCCC1. The molecule has 0 bridgehead atoms. The highest BCUT2D eigenvalue weighted by molar-refractivity contribution is 5.70. The van der Waals surface area contributed by atoms with Crippen molar-refractivity contribution in [3.8, 4) is 0 Å². The number of nitrogens with zero attached hydrogens (tertiary/aromatic N) is 1. The van der Waals surface area contributed by atoms with Crippen LogP contribution in [0.2, 0.25) is 0 Å². The van der Waals surface area contributed by atoms with Gasteiger partial charge in [-0.15, -0.1) is 0 Å². The van der Waals surface area contributed by atoms with Crippen LogP contribution in [0, 0.1) is 0 Å². The highest BCUT2D eigenvalue weighted by Gasteiger charge is 2.13. The van der Waals surface area contributed by atoms with Gasteiger partial charge >= 0.3 is 0 Å². The van der Waals surface area contributed by atoms with Crippen LogP contribution in [-0.2, 0) is 0 Å². The van der Waals surface area contributed by atoms with E-state index in [9.17, 15) is 0 Å². The Morgan fingerprint density at radius 2 is 1.88 bits per heavy atom. The lowest BCUT2D eigenvalue weighted by Gasteiger charge is -2.30. The van der Waals surface area contributed by atoms with Crippen molar-refractivity contribution in [1.29, 1.82) is 0 Å². The predicted molar refractivity (Wildman–Crippen MR) is 68.1 cm³/mol. The molecule has 0 atom stereocenters. The Hall–Kier alpha value is -1.22. The zero-order valence-electron chi connectivity index (χ0n) is 9.65. The van der Waals surface area contributed by atoms with Gasteiger partial charge in [0.15, 0.2) is 0 Å². The van der Waals surface area contributed by atoms with Gasteiger partial charge in [-0.3, -0.25) is 0 Å². The van der Waals surface area contributed by atoms with Gasteiger partial charge in [0.2, 0.25) is 0 Å². The lowest BCUT2D eigenvalue weighted by molar-refractivity contribution is 0.311. The molecule has 88 valence electrons. The molecule has 0 radical (unpaired) electrons. The summed E-state index contributed by atoms with van der Waals surface area (Å²) in [5.41, 5.74) is 2.41. The van der Waals surface area contributed by atoms with Crippen LogP contribution in [0.3, 0.4) is 0 Å². The van der Waals surface area contributed by atoms with E-state index in [2.05, 4.69) is 28.4 Å². The van der Waals surface area contributed by atoms with E-state index in [1.54, 1.807) is 0 Å². The Kier molecular flexibility index (Phi) is 4.05. The number of rotatable bonds is 4. The van der Waals surface area contributed by atoms with Crippen LogP contribution in [-0.4, -0.2) is 31.3 Å². The van der Waals surface area contributed by atoms with Crippen molar-refractivity contribution in [2.45, 2.75) is 19.3 Å². The fraction of sp³-hybridized carbons (Fsp3) is 0.538. The molecule has 0 aromatic heterocycles. The summed E-state index contributed by atoms with van der Waals surface area (Å²) in [6.45, 7) is 3.09. The molecule has 1 heterocycles. The number of hydrogen-bond acceptors (Lipinski definition) is 3. The maximum Gasteiger partial charge on any atom is 0.0604 e. The van der Waals surface area contributed by atoms with E-state index in [0.29, 0.717) is 6.54 Å². The van der Waals surface area contributed by atoms with E-state index in [4.69, 9.17) is 5.11 Å². The molecule has 16 heavy (non-hydrogen) atoms. The molecule has 0 saturated carbocycles.